The summed E-state index contributed by atoms with van der Waals surface area (Å²) in [6, 6.07) is 9.69. The summed E-state index contributed by atoms with van der Waals surface area (Å²) >= 11 is 14.8. The number of hydrogen-bond donors (Lipinski definition) is 0. The molecule has 2 aromatic rings. The van der Waals surface area contributed by atoms with Gasteiger partial charge >= 0.3 is 0 Å². The van der Waals surface area contributed by atoms with Crippen LogP contribution in [0.1, 0.15) is 5.56 Å². The Morgan fingerprint density at radius 3 is 2.61 bits per heavy atom. The van der Waals surface area contributed by atoms with E-state index in [1.165, 1.54) is 6.07 Å². The monoisotopic (exact) mass is 348 g/mol. The summed E-state index contributed by atoms with van der Waals surface area (Å²) in [7, 11) is 0. The van der Waals surface area contributed by atoms with E-state index in [-0.39, 0.29) is 5.82 Å². The van der Waals surface area contributed by atoms with Crippen LogP contribution in [0.3, 0.4) is 0 Å². The Hall–Kier alpha value is -0.770. The van der Waals surface area contributed by atoms with Crippen molar-refractivity contribution in [1.82, 2.24) is 0 Å². The van der Waals surface area contributed by atoms with Crippen LogP contribution in [0, 0.1) is 5.82 Å². The van der Waals surface area contributed by atoms with E-state index in [0.29, 0.717) is 26.9 Å². The summed E-state index contributed by atoms with van der Waals surface area (Å²) in [5.41, 5.74) is 0.796. The maximum absolute atomic E-state index is 13.4. The molecule has 1 nitrogen and oxygen atoms in total. The smallest absolute Gasteiger partial charge is 0.141 e. The standard InChI is InChI=1S/C13H8BrCl2FO/c14-11-4-3-10(6-12(11)17)18-13-5-9(16)2-1-8(13)7-15/h1-6H,7H2. The fraction of sp³-hybridized carbons (Fsp3) is 0.0769. The Morgan fingerprint density at radius 2 is 1.94 bits per heavy atom. The second kappa shape index (κ2) is 5.91. The lowest BCUT2D eigenvalue weighted by Gasteiger charge is -2.10. The molecule has 18 heavy (non-hydrogen) atoms. The van der Waals surface area contributed by atoms with Crippen molar-refractivity contribution in [2.75, 3.05) is 0 Å². The van der Waals surface area contributed by atoms with Crippen LogP contribution in [0.4, 0.5) is 4.39 Å². The van der Waals surface area contributed by atoms with E-state index in [2.05, 4.69) is 15.9 Å². The minimum atomic E-state index is -0.387. The second-order valence-electron chi connectivity index (χ2n) is 3.56. The van der Waals surface area contributed by atoms with Crippen molar-refractivity contribution in [1.29, 1.82) is 0 Å². The lowest BCUT2D eigenvalue weighted by atomic mass is 10.2. The van der Waals surface area contributed by atoms with Crippen molar-refractivity contribution in [3.8, 4) is 11.5 Å². The van der Waals surface area contributed by atoms with E-state index in [4.69, 9.17) is 27.9 Å². The van der Waals surface area contributed by atoms with E-state index < -0.39 is 0 Å². The maximum atomic E-state index is 13.4. The van der Waals surface area contributed by atoms with Crippen LogP contribution in [0.2, 0.25) is 5.02 Å². The molecule has 2 rings (SSSR count). The second-order valence-corrected chi connectivity index (χ2v) is 5.12. The molecule has 0 aromatic heterocycles. The van der Waals surface area contributed by atoms with Gasteiger partial charge in [0.2, 0.25) is 0 Å². The number of ether oxygens (including phenoxy) is 1. The highest BCUT2D eigenvalue weighted by Gasteiger charge is 2.07. The summed E-state index contributed by atoms with van der Waals surface area (Å²) in [5, 5.41) is 0.538. The van der Waals surface area contributed by atoms with E-state index in [1.54, 1.807) is 30.3 Å². The topological polar surface area (TPSA) is 9.23 Å². The molecule has 5 heteroatoms. The summed E-state index contributed by atoms with van der Waals surface area (Å²) < 4.78 is 19.3. The molecule has 0 heterocycles. The average molecular weight is 350 g/mol. The summed E-state index contributed by atoms with van der Waals surface area (Å²) in [4.78, 5) is 0. The van der Waals surface area contributed by atoms with Crippen molar-refractivity contribution in [2.24, 2.45) is 0 Å². The molecule has 0 N–H and O–H groups in total. The SMILES string of the molecule is Fc1cc(Oc2cc(Cl)ccc2CCl)ccc1Br. The first-order valence-electron chi connectivity index (χ1n) is 5.07. The van der Waals surface area contributed by atoms with Crippen LogP contribution in [0.15, 0.2) is 40.9 Å². The van der Waals surface area contributed by atoms with Crippen LogP contribution < -0.4 is 4.74 Å². The molecular formula is C13H8BrCl2FO. The van der Waals surface area contributed by atoms with Crippen LogP contribution in [-0.2, 0) is 5.88 Å². The first kappa shape index (κ1) is 13.7. The zero-order valence-electron chi connectivity index (χ0n) is 9.09. The van der Waals surface area contributed by atoms with Gasteiger partial charge in [-0.05, 0) is 40.2 Å². The first-order chi connectivity index (χ1) is 8.60. The molecule has 0 saturated heterocycles. The minimum absolute atomic E-state index is 0.297. The van der Waals surface area contributed by atoms with Gasteiger partial charge in [-0.1, -0.05) is 17.7 Å². The van der Waals surface area contributed by atoms with Crippen molar-refractivity contribution in [2.45, 2.75) is 5.88 Å². The Kier molecular flexibility index (Phi) is 4.49. The van der Waals surface area contributed by atoms with Crippen LogP contribution in [0.5, 0.6) is 11.5 Å². The third-order valence-corrected chi connectivity index (χ3v) is 3.46. The van der Waals surface area contributed by atoms with E-state index in [0.717, 1.165) is 5.56 Å². The quantitative estimate of drug-likeness (QED) is 0.639. The van der Waals surface area contributed by atoms with Gasteiger partial charge in [-0.25, -0.2) is 4.39 Å². The van der Waals surface area contributed by atoms with Gasteiger partial charge in [0.05, 0.1) is 10.4 Å². The number of halogens is 4. The lowest BCUT2D eigenvalue weighted by Crippen LogP contribution is -1.90. The molecule has 0 atom stereocenters. The number of alkyl halides is 1. The third kappa shape index (κ3) is 3.16. The van der Waals surface area contributed by atoms with Crippen LogP contribution in [-0.4, -0.2) is 0 Å². The Morgan fingerprint density at radius 1 is 1.17 bits per heavy atom. The molecule has 0 radical (unpaired) electrons. The van der Waals surface area contributed by atoms with Crippen molar-refractivity contribution in [3.05, 3.63) is 57.3 Å². The van der Waals surface area contributed by atoms with Crippen molar-refractivity contribution in [3.63, 3.8) is 0 Å². The fourth-order valence-electron chi connectivity index (χ4n) is 1.40. The van der Waals surface area contributed by atoms with Crippen LogP contribution in [0.25, 0.3) is 0 Å². The molecule has 0 bridgehead atoms. The average Bonchev–Trinajstić information content (AvgIpc) is 2.34. The molecule has 0 fully saturated rings. The molecule has 2 aromatic carbocycles. The number of benzene rings is 2. The third-order valence-electron chi connectivity index (χ3n) is 2.29. The van der Waals surface area contributed by atoms with Crippen LogP contribution >= 0.6 is 39.1 Å². The highest BCUT2D eigenvalue weighted by molar-refractivity contribution is 9.10. The normalized spacial score (nSPS) is 10.4. The molecule has 94 valence electrons. The zero-order chi connectivity index (χ0) is 13.1. The maximum Gasteiger partial charge on any atom is 0.141 e. The summed E-state index contributed by atoms with van der Waals surface area (Å²) in [6.07, 6.45) is 0. The molecule has 0 aliphatic carbocycles. The molecule has 0 aliphatic heterocycles. The zero-order valence-corrected chi connectivity index (χ0v) is 12.2. The van der Waals surface area contributed by atoms with Crippen molar-refractivity contribution < 1.29 is 9.13 Å². The highest BCUT2D eigenvalue weighted by Crippen LogP contribution is 2.31. The molecule has 0 saturated carbocycles. The molecule has 0 spiro atoms. The lowest BCUT2D eigenvalue weighted by molar-refractivity contribution is 0.472. The van der Waals surface area contributed by atoms with Gasteiger partial charge in [0.1, 0.15) is 17.3 Å². The van der Waals surface area contributed by atoms with Gasteiger partial charge in [0, 0.05) is 16.7 Å². The van der Waals surface area contributed by atoms with Crippen molar-refractivity contribution >= 4 is 39.1 Å². The van der Waals surface area contributed by atoms with Gasteiger partial charge in [0.25, 0.3) is 0 Å². The molecule has 0 aliphatic rings. The van der Waals surface area contributed by atoms with Gasteiger partial charge in [-0.3, -0.25) is 0 Å². The summed E-state index contributed by atoms with van der Waals surface area (Å²) in [5.74, 6) is 0.830. The molecule has 0 unspecified atom stereocenters. The van der Waals surface area contributed by atoms with Gasteiger partial charge in [0.15, 0.2) is 0 Å². The van der Waals surface area contributed by atoms with Gasteiger partial charge < -0.3 is 4.74 Å². The number of hydrogen-bond acceptors (Lipinski definition) is 1. The van der Waals surface area contributed by atoms with Gasteiger partial charge in [-0.2, -0.15) is 0 Å². The predicted molar refractivity (Wildman–Crippen MR) is 75.2 cm³/mol. The fourth-order valence-corrected chi connectivity index (χ4v) is 2.03. The first-order valence-corrected chi connectivity index (χ1v) is 6.78. The van der Waals surface area contributed by atoms with Gasteiger partial charge in [-0.15, -0.1) is 11.6 Å². The van der Waals surface area contributed by atoms with E-state index in [9.17, 15) is 4.39 Å². The Bertz CT molecular complexity index is 575. The summed E-state index contributed by atoms with van der Waals surface area (Å²) in [6.45, 7) is 0. The number of rotatable bonds is 3. The van der Waals surface area contributed by atoms with E-state index in [1.807, 2.05) is 0 Å². The molecular weight excluding hydrogens is 342 g/mol. The highest BCUT2D eigenvalue weighted by atomic mass is 79.9. The molecule has 0 amide bonds. The van der Waals surface area contributed by atoms with E-state index >= 15 is 0 Å². The Labute approximate surface area is 123 Å². The predicted octanol–water partition coefficient (Wildman–Crippen LogP) is 5.77. The largest absolute Gasteiger partial charge is 0.457 e. The minimum Gasteiger partial charge on any atom is -0.457 e. The Balaban J connectivity index is 2.33.